The third-order valence-corrected chi connectivity index (χ3v) is 3.55. The first-order chi connectivity index (χ1) is 9.13. The summed E-state index contributed by atoms with van der Waals surface area (Å²) < 4.78 is 5.10. The summed E-state index contributed by atoms with van der Waals surface area (Å²) in [5, 5.41) is 3.91. The van der Waals surface area contributed by atoms with Crippen molar-refractivity contribution in [2.45, 2.75) is 37.3 Å². The smallest absolute Gasteiger partial charge is 0.227 e. The van der Waals surface area contributed by atoms with Crippen LogP contribution in [-0.2, 0) is 17.0 Å². The number of hydrogen-bond acceptors (Lipinski definition) is 5. The van der Waals surface area contributed by atoms with Crippen LogP contribution < -0.4 is 0 Å². The molecule has 0 bridgehead atoms. The Morgan fingerprint density at radius 3 is 3.00 bits per heavy atom. The van der Waals surface area contributed by atoms with Crippen LogP contribution in [-0.4, -0.2) is 15.9 Å². The summed E-state index contributed by atoms with van der Waals surface area (Å²) in [5.74, 6) is 2.02. The lowest BCUT2D eigenvalue weighted by Crippen LogP contribution is -1.94. The van der Waals surface area contributed by atoms with Gasteiger partial charge in [-0.2, -0.15) is 4.98 Å². The Morgan fingerprint density at radius 1 is 1.42 bits per heavy atom. The molecule has 0 spiro atoms. The van der Waals surface area contributed by atoms with Crippen molar-refractivity contribution < 1.29 is 9.32 Å². The minimum Gasteiger partial charge on any atom is -0.339 e. The van der Waals surface area contributed by atoms with Crippen LogP contribution in [0, 0.1) is 6.92 Å². The molecule has 0 N–H and O–H groups in total. The number of carbonyl (C=O) groups excluding carboxylic acids is 1. The van der Waals surface area contributed by atoms with E-state index in [1.165, 1.54) is 10.5 Å². The van der Waals surface area contributed by atoms with Gasteiger partial charge in [-0.15, -0.1) is 11.8 Å². The molecule has 0 atom stereocenters. The summed E-state index contributed by atoms with van der Waals surface area (Å²) in [6.07, 6.45) is 0.976. The van der Waals surface area contributed by atoms with Crippen LogP contribution in [0.5, 0.6) is 0 Å². The molecule has 0 unspecified atom stereocenters. The molecule has 0 aliphatic heterocycles. The summed E-state index contributed by atoms with van der Waals surface area (Å²) >= 11 is 1.67. The summed E-state index contributed by atoms with van der Waals surface area (Å²) in [5.41, 5.74) is 1.24. The Hall–Kier alpha value is -1.62. The molecule has 1 heterocycles. The molecule has 2 aromatic rings. The van der Waals surface area contributed by atoms with Crippen molar-refractivity contribution in [3.05, 3.63) is 41.5 Å². The van der Waals surface area contributed by atoms with Crippen molar-refractivity contribution in [2.24, 2.45) is 0 Å². The molecule has 100 valence electrons. The monoisotopic (exact) mass is 276 g/mol. The molecule has 1 aromatic heterocycles. The van der Waals surface area contributed by atoms with Crippen LogP contribution in [0.1, 0.15) is 30.6 Å². The molecule has 0 aliphatic rings. The van der Waals surface area contributed by atoms with Crippen molar-refractivity contribution in [3.63, 3.8) is 0 Å². The Balaban J connectivity index is 1.88. The number of carbonyl (C=O) groups is 1. The topological polar surface area (TPSA) is 56.0 Å². The van der Waals surface area contributed by atoms with Crippen LogP contribution in [0.25, 0.3) is 0 Å². The van der Waals surface area contributed by atoms with E-state index in [2.05, 4.69) is 35.3 Å². The van der Waals surface area contributed by atoms with E-state index in [0.717, 1.165) is 0 Å². The van der Waals surface area contributed by atoms with Gasteiger partial charge in [0.2, 0.25) is 5.89 Å². The highest BCUT2D eigenvalue weighted by atomic mass is 32.2. The number of nitrogens with zero attached hydrogens (tertiary/aromatic N) is 2. The zero-order valence-electron chi connectivity index (χ0n) is 11.0. The van der Waals surface area contributed by atoms with E-state index in [4.69, 9.17) is 4.52 Å². The van der Waals surface area contributed by atoms with Crippen LogP contribution in [0.3, 0.4) is 0 Å². The van der Waals surface area contributed by atoms with Gasteiger partial charge in [0, 0.05) is 17.7 Å². The minimum absolute atomic E-state index is 0.133. The number of benzene rings is 1. The van der Waals surface area contributed by atoms with Gasteiger partial charge in [0.15, 0.2) is 5.82 Å². The summed E-state index contributed by atoms with van der Waals surface area (Å²) in [6, 6.07) is 8.29. The predicted molar refractivity (Wildman–Crippen MR) is 74.0 cm³/mol. The van der Waals surface area contributed by atoms with E-state index in [1.54, 1.807) is 18.7 Å². The van der Waals surface area contributed by atoms with Crippen LogP contribution in [0.2, 0.25) is 0 Å². The fourth-order valence-electron chi connectivity index (χ4n) is 1.59. The first-order valence-corrected chi connectivity index (χ1v) is 7.12. The fraction of sp³-hybridized carbons (Fsp3) is 0.357. The quantitative estimate of drug-likeness (QED) is 0.758. The second-order valence-corrected chi connectivity index (χ2v) is 5.46. The zero-order valence-corrected chi connectivity index (χ0v) is 11.9. The van der Waals surface area contributed by atoms with Gasteiger partial charge in [0.25, 0.3) is 0 Å². The molecule has 5 heteroatoms. The van der Waals surface area contributed by atoms with Gasteiger partial charge >= 0.3 is 0 Å². The lowest BCUT2D eigenvalue weighted by atomic mass is 10.2. The maximum Gasteiger partial charge on any atom is 0.227 e. The van der Waals surface area contributed by atoms with Crippen molar-refractivity contribution in [3.8, 4) is 0 Å². The average Bonchev–Trinajstić information content (AvgIpc) is 2.82. The molecule has 2 rings (SSSR count). The van der Waals surface area contributed by atoms with Gasteiger partial charge in [0.05, 0.1) is 5.75 Å². The number of aryl methyl sites for hydroxylation is 2. The molecule has 0 aliphatic carbocycles. The van der Waals surface area contributed by atoms with Crippen LogP contribution >= 0.6 is 11.8 Å². The van der Waals surface area contributed by atoms with E-state index >= 15 is 0 Å². The molecule has 1 aromatic carbocycles. The van der Waals surface area contributed by atoms with Gasteiger partial charge < -0.3 is 9.32 Å². The number of thioether (sulfide) groups is 1. The molecule has 4 nitrogen and oxygen atoms in total. The molecular formula is C14H16N2O2S. The molecule has 0 saturated carbocycles. The normalized spacial score (nSPS) is 10.6. The van der Waals surface area contributed by atoms with Crippen molar-refractivity contribution >= 4 is 17.5 Å². The Morgan fingerprint density at radius 2 is 2.26 bits per heavy atom. The maximum absolute atomic E-state index is 10.9. The first-order valence-electron chi connectivity index (χ1n) is 6.14. The predicted octanol–water partition coefficient (Wildman–Crippen LogP) is 3.19. The van der Waals surface area contributed by atoms with Crippen molar-refractivity contribution in [1.29, 1.82) is 0 Å². The number of aromatic nitrogens is 2. The second kappa shape index (κ2) is 6.52. The molecule has 0 amide bonds. The van der Waals surface area contributed by atoms with Gasteiger partial charge in [-0.1, -0.05) is 22.9 Å². The van der Waals surface area contributed by atoms with Crippen molar-refractivity contribution in [1.82, 2.24) is 10.1 Å². The molecule has 19 heavy (non-hydrogen) atoms. The average molecular weight is 276 g/mol. The summed E-state index contributed by atoms with van der Waals surface area (Å²) in [6.45, 7) is 3.63. The Bertz CT molecular complexity index is 566. The van der Waals surface area contributed by atoms with Gasteiger partial charge in [-0.3, -0.25) is 0 Å². The fourth-order valence-corrected chi connectivity index (χ4v) is 2.44. The summed E-state index contributed by atoms with van der Waals surface area (Å²) in [4.78, 5) is 16.3. The minimum atomic E-state index is 0.133. The van der Waals surface area contributed by atoms with Crippen LogP contribution in [0.4, 0.5) is 0 Å². The highest BCUT2D eigenvalue weighted by Crippen LogP contribution is 2.22. The van der Waals surface area contributed by atoms with E-state index < -0.39 is 0 Å². The third kappa shape index (κ3) is 4.52. The number of ketones is 1. The van der Waals surface area contributed by atoms with Gasteiger partial charge in [0.1, 0.15) is 5.78 Å². The summed E-state index contributed by atoms with van der Waals surface area (Å²) in [7, 11) is 0. The lowest BCUT2D eigenvalue weighted by Gasteiger charge is -1.99. The standard InChI is InChI=1S/C14H16N2O2S/c1-10-4-3-5-12(8-10)19-9-13-15-14(18-16-13)7-6-11(2)17/h3-5,8H,6-7,9H2,1-2H3. The largest absolute Gasteiger partial charge is 0.339 e. The van der Waals surface area contributed by atoms with Crippen molar-refractivity contribution in [2.75, 3.05) is 0 Å². The van der Waals surface area contributed by atoms with E-state index in [-0.39, 0.29) is 5.78 Å². The highest BCUT2D eigenvalue weighted by molar-refractivity contribution is 7.98. The number of hydrogen-bond donors (Lipinski definition) is 0. The van der Waals surface area contributed by atoms with E-state index in [0.29, 0.717) is 30.3 Å². The molecule has 0 saturated heterocycles. The number of Topliss-reactive ketones (excluding diaryl/α,β-unsaturated/α-hetero) is 1. The van der Waals surface area contributed by atoms with E-state index in [1.807, 2.05) is 6.07 Å². The van der Waals surface area contributed by atoms with Gasteiger partial charge in [-0.25, -0.2) is 0 Å². The lowest BCUT2D eigenvalue weighted by molar-refractivity contribution is -0.117. The van der Waals surface area contributed by atoms with E-state index in [9.17, 15) is 4.79 Å². The highest BCUT2D eigenvalue weighted by Gasteiger charge is 2.07. The Kier molecular flexibility index (Phi) is 4.74. The third-order valence-electron chi connectivity index (χ3n) is 2.56. The Labute approximate surface area is 116 Å². The number of rotatable bonds is 6. The second-order valence-electron chi connectivity index (χ2n) is 4.41. The maximum atomic E-state index is 10.9. The molecule has 0 radical (unpaired) electrons. The molecular weight excluding hydrogens is 260 g/mol. The van der Waals surface area contributed by atoms with Gasteiger partial charge in [-0.05, 0) is 26.0 Å². The molecule has 0 fully saturated rings. The first kappa shape index (κ1) is 13.8. The zero-order chi connectivity index (χ0) is 13.7. The van der Waals surface area contributed by atoms with Crippen LogP contribution in [0.15, 0.2) is 33.7 Å². The SMILES string of the molecule is CC(=O)CCc1nc(CSc2cccc(C)c2)no1.